The molecule has 2 aromatic carbocycles. The highest BCUT2D eigenvalue weighted by molar-refractivity contribution is 6.64. The van der Waals surface area contributed by atoms with Gasteiger partial charge in [0.25, 0.3) is 0 Å². The summed E-state index contributed by atoms with van der Waals surface area (Å²) in [7, 11) is -1.65. The first-order valence-electron chi connectivity index (χ1n) is 13.6. The van der Waals surface area contributed by atoms with Crippen molar-refractivity contribution in [1.29, 1.82) is 0 Å². The van der Waals surface area contributed by atoms with E-state index < -0.39 is 82.3 Å². The molecule has 45 heavy (non-hydrogen) atoms. The highest BCUT2D eigenvalue weighted by atomic mass is 16.8. The smallest absolute Gasteiger partial charge is 0.460 e. The van der Waals surface area contributed by atoms with Gasteiger partial charge in [-0.15, -0.1) is 0 Å². The van der Waals surface area contributed by atoms with E-state index in [0.29, 0.717) is 16.6 Å². The zero-order valence-electron chi connectivity index (χ0n) is 25.0. The second-order valence-electron chi connectivity index (χ2n) is 10.6. The van der Waals surface area contributed by atoms with Gasteiger partial charge in [0.1, 0.15) is 37.3 Å². The molecule has 0 aliphatic heterocycles. The molecular weight excluding hydrogens is 598 g/mol. The van der Waals surface area contributed by atoms with Gasteiger partial charge >= 0.3 is 38.3 Å². The van der Waals surface area contributed by atoms with E-state index in [2.05, 4.69) is 9.47 Å². The maximum Gasteiger partial charge on any atom is 0.511 e. The third-order valence-corrected chi connectivity index (χ3v) is 6.53. The lowest BCUT2D eigenvalue weighted by atomic mass is 9.64. The van der Waals surface area contributed by atoms with Gasteiger partial charge in [0.15, 0.2) is 0 Å². The topological polar surface area (TPSA) is 225 Å². The second-order valence-corrected chi connectivity index (χ2v) is 10.6. The van der Waals surface area contributed by atoms with Gasteiger partial charge < -0.3 is 53.7 Å². The van der Waals surface area contributed by atoms with E-state index in [1.165, 1.54) is 38.1 Å². The summed E-state index contributed by atoms with van der Waals surface area (Å²) >= 11 is 0. The lowest BCUT2D eigenvalue weighted by Crippen LogP contribution is -2.39. The van der Waals surface area contributed by atoms with Crippen LogP contribution in [0.3, 0.4) is 0 Å². The highest BCUT2D eigenvalue weighted by Crippen LogP contribution is 2.21. The Morgan fingerprint density at radius 1 is 0.622 bits per heavy atom. The van der Waals surface area contributed by atoms with E-state index in [4.69, 9.17) is 29.0 Å². The molecule has 0 saturated carbocycles. The molecular formula is C28H36B2O15. The second kappa shape index (κ2) is 17.4. The minimum absolute atomic E-state index is 0.132. The van der Waals surface area contributed by atoms with Crippen LogP contribution in [0, 0.1) is 10.8 Å². The summed E-state index contributed by atoms with van der Waals surface area (Å²) in [5.74, 6) is -1.76. The summed E-state index contributed by atoms with van der Waals surface area (Å²) < 4.78 is 29.2. The molecule has 0 heterocycles. The minimum atomic E-state index is -1.66. The van der Waals surface area contributed by atoms with Crippen LogP contribution in [-0.4, -0.2) is 96.8 Å². The summed E-state index contributed by atoms with van der Waals surface area (Å²) in [6, 6.07) is 12.5. The fourth-order valence-electron chi connectivity index (χ4n) is 3.31. The summed E-state index contributed by atoms with van der Waals surface area (Å²) in [6.45, 7) is -0.522. The van der Waals surface area contributed by atoms with Crippen molar-refractivity contribution < 1.29 is 72.9 Å². The van der Waals surface area contributed by atoms with Gasteiger partial charge in [0.05, 0.1) is 13.2 Å². The van der Waals surface area contributed by atoms with Gasteiger partial charge in [-0.2, -0.15) is 0 Å². The number of benzene rings is 2. The third-order valence-electron chi connectivity index (χ3n) is 6.53. The Hall–Kier alpha value is -4.15. The van der Waals surface area contributed by atoms with Crippen molar-refractivity contribution in [3.63, 3.8) is 0 Å². The van der Waals surface area contributed by atoms with Gasteiger partial charge in [-0.3, -0.25) is 9.59 Å². The first kappa shape index (κ1) is 37.0. The first-order chi connectivity index (χ1) is 21.2. The van der Waals surface area contributed by atoms with Gasteiger partial charge in [-0.05, 0) is 35.9 Å². The maximum atomic E-state index is 12.5. The van der Waals surface area contributed by atoms with Crippen LogP contribution in [0.4, 0.5) is 9.59 Å². The Kier molecular flexibility index (Phi) is 14.3. The lowest BCUT2D eigenvalue weighted by Gasteiger charge is -2.24. The molecule has 2 atom stereocenters. The Bertz CT molecular complexity index is 1170. The fraction of sp³-hybridized carbons (Fsp3) is 0.429. The van der Waals surface area contributed by atoms with Crippen LogP contribution >= 0.6 is 0 Å². The van der Waals surface area contributed by atoms with Crippen LogP contribution in [-0.2, 0) is 51.2 Å². The van der Waals surface area contributed by atoms with E-state index in [1.54, 1.807) is 31.1 Å². The maximum absolute atomic E-state index is 12.5. The normalized spacial score (nSPS) is 13.3. The predicted molar refractivity (Wildman–Crippen MR) is 156 cm³/mol. The molecule has 0 aliphatic carbocycles. The lowest BCUT2D eigenvalue weighted by molar-refractivity contribution is -0.162. The van der Waals surface area contributed by atoms with E-state index in [0.717, 1.165) is 0 Å². The van der Waals surface area contributed by atoms with E-state index in [-0.39, 0.29) is 18.7 Å². The molecule has 2 unspecified atom stereocenters. The largest absolute Gasteiger partial charge is 0.511 e. The number of hydrogen-bond acceptors (Lipinski definition) is 15. The van der Waals surface area contributed by atoms with Crippen LogP contribution in [0.25, 0.3) is 0 Å². The number of hydrogen-bond donors (Lipinski definition) is 5. The van der Waals surface area contributed by atoms with Crippen molar-refractivity contribution in [3.8, 4) is 0 Å². The van der Waals surface area contributed by atoms with E-state index >= 15 is 0 Å². The minimum Gasteiger partial charge on any atom is -0.460 e. The average Bonchev–Trinajstić information content (AvgIpc) is 3.04. The van der Waals surface area contributed by atoms with Crippen molar-refractivity contribution in [3.05, 3.63) is 59.7 Å². The number of carbonyl (C=O) groups excluding carboxylic acids is 4. The fourth-order valence-corrected chi connectivity index (χ4v) is 3.31. The Balaban J connectivity index is 1.72. The van der Waals surface area contributed by atoms with Gasteiger partial charge in [0.2, 0.25) is 6.79 Å². The van der Waals surface area contributed by atoms with Gasteiger partial charge in [-0.25, -0.2) is 9.59 Å². The van der Waals surface area contributed by atoms with Crippen molar-refractivity contribution in [2.24, 2.45) is 10.8 Å². The zero-order valence-corrected chi connectivity index (χ0v) is 25.0. The van der Waals surface area contributed by atoms with Gasteiger partial charge in [0, 0.05) is 0 Å². The van der Waals surface area contributed by atoms with Crippen LogP contribution < -0.4 is 10.9 Å². The Labute approximate surface area is 259 Å². The average molecular weight is 634 g/mol. The number of aliphatic hydroxyl groups excluding tert-OH is 2. The molecule has 0 fully saturated rings. The highest BCUT2D eigenvalue weighted by Gasteiger charge is 2.38. The molecule has 17 heteroatoms. The predicted octanol–water partition coefficient (Wildman–Crippen LogP) is -0.765. The Morgan fingerprint density at radius 2 is 1.00 bits per heavy atom. The van der Waals surface area contributed by atoms with E-state index in [9.17, 15) is 34.4 Å². The Morgan fingerprint density at radius 3 is 1.33 bits per heavy atom. The molecule has 2 rings (SSSR count). The number of aliphatic hydroxyl groups is 2. The molecule has 0 amide bonds. The molecule has 0 spiro atoms. The zero-order chi connectivity index (χ0) is 33.6. The van der Waals surface area contributed by atoms with Crippen molar-refractivity contribution in [2.75, 3.05) is 33.2 Å². The van der Waals surface area contributed by atoms with Crippen LogP contribution in [0.2, 0.25) is 6.82 Å². The van der Waals surface area contributed by atoms with Crippen molar-refractivity contribution in [1.82, 2.24) is 0 Å². The molecule has 2 aromatic rings. The summed E-state index contributed by atoms with van der Waals surface area (Å²) in [6.07, 6.45) is -2.69. The van der Waals surface area contributed by atoms with Crippen LogP contribution in [0.15, 0.2) is 48.5 Å². The summed E-state index contributed by atoms with van der Waals surface area (Å²) in [5.41, 5.74) is -1.22. The molecule has 0 saturated heterocycles. The number of rotatable bonds is 16. The third kappa shape index (κ3) is 11.7. The standard InChI is InChI=1S/C28H36B2O15/c1-27(14-31,23(33)40-12-19-4-8-21(9-5-19)29(3)37)16-42-25(35)44-18-45-26(36)43-17-28(2,15-32)24(34)41-13-20-6-10-22(11-7-20)30(38)39/h4-11,31-32,37-39H,12-18H2,1-3H3. The molecule has 15 nitrogen and oxygen atoms in total. The molecule has 0 aromatic heterocycles. The van der Waals surface area contributed by atoms with Crippen molar-refractivity contribution >= 4 is 49.2 Å². The van der Waals surface area contributed by atoms with Gasteiger partial charge in [-0.1, -0.05) is 55.4 Å². The number of carbonyl (C=O) groups is 4. The number of esters is 2. The van der Waals surface area contributed by atoms with E-state index in [1.807, 2.05) is 0 Å². The van der Waals surface area contributed by atoms with Crippen LogP contribution in [0.5, 0.6) is 0 Å². The molecule has 244 valence electrons. The molecule has 0 aliphatic rings. The monoisotopic (exact) mass is 634 g/mol. The first-order valence-corrected chi connectivity index (χ1v) is 13.6. The number of ether oxygens (including phenoxy) is 6. The summed E-state index contributed by atoms with van der Waals surface area (Å²) in [4.78, 5) is 48.9. The van der Waals surface area contributed by atoms with Crippen LogP contribution in [0.1, 0.15) is 25.0 Å². The SMILES string of the molecule is CB(O)c1ccc(COC(=O)C(C)(CO)COC(=O)OCOC(=O)OCC(C)(CO)C(=O)OCc2ccc(B(O)O)cc2)cc1. The molecule has 0 radical (unpaired) electrons. The molecule has 0 bridgehead atoms. The summed E-state index contributed by atoms with van der Waals surface area (Å²) in [5, 5.41) is 47.2. The van der Waals surface area contributed by atoms with Crippen molar-refractivity contribution in [2.45, 2.75) is 33.9 Å². The quantitative estimate of drug-likeness (QED) is 0.0662. The molecule has 5 N–H and O–H groups in total.